The van der Waals surface area contributed by atoms with Crippen molar-refractivity contribution in [3.8, 4) is 5.75 Å². The van der Waals surface area contributed by atoms with Crippen LogP contribution >= 0.6 is 11.6 Å². The van der Waals surface area contributed by atoms with Crippen LogP contribution in [0.1, 0.15) is 27.7 Å². The van der Waals surface area contributed by atoms with E-state index in [1.165, 1.54) is 0 Å². The number of ether oxygens (including phenoxy) is 1. The number of methoxy groups -OCH3 is 1. The molecule has 1 saturated heterocycles. The summed E-state index contributed by atoms with van der Waals surface area (Å²) >= 11 is 6.06. The first-order chi connectivity index (χ1) is 10.7. The lowest BCUT2D eigenvalue weighted by Crippen LogP contribution is -2.59. The van der Waals surface area contributed by atoms with Crippen LogP contribution in [0.5, 0.6) is 5.75 Å². The van der Waals surface area contributed by atoms with E-state index in [1.54, 1.807) is 42.0 Å². The molecule has 0 spiro atoms. The molecular formula is C17H23ClN2O3. The van der Waals surface area contributed by atoms with E-state index in [0.29, 0.717) is 29.5 Å². The van der Waals surface area contributed by atoms with Gasteiger partial charge in [0.2, 0.25) is 11.8 Å². The standard InChI is InChI=1S/C17H23ClN2O3/c1-11-15(21)20(9-8-19(11)16(22)17(2,3)4)13-10-12(18)6-7-14(13)23-5/h6-7,10-11H,8-9H2,1-5H3. The van der Waals surface area contributed by atoms with Gasteiger partial charge in [0, 0.05) is 23.5 Å². The topological polar surface area (TPSA) is 49.9 Å². The minimum Gasteiger partial charge on any atom is -0.495 e. The first-order valence-corrected chi connectivity index (χ1v) is 8.00. The molecule has 1 heterocycles. The van der Waals surface area contributed by atoms with Crippen molar-refractivity contribution in [1.29, 1.82) is 0 Å². The summed E-state index contributed by atoms with van der Waals surface area (Å²) in [6.07, 6.45) is 0. The number of halogens is 1. The van der Waals surface area contributed by atoms with Gasteiger partial charge < -0.3 is 14.5 Å². The highest BCUT2D eigenvalue weighted by molar-refractivity contribution is 6.31. The fourth-order valence-corrected chi connectivity index (χ4v) is 2.86. The Morgan fingerprint density at radius 2 is 1.96 bits per heavy atom. The minimum absolute atomic E-state index is 0.0175. The van der Waals surface area contributed by atoms with Crippen molar-refractivity contribution < 1.29 is 14.3 Å². The summed E-state index contributed by atoms with van der Waals surface area (Å²) in [6.45, 7) is 8.24. The number of benzene rings is 1. The Morgan fingerprint density at radius 3 is 2.52 bits per heavy atom. The number of hydrogen-bond donors (Lipinski definition) is 0. The zero-order valence-corrected chi connectivity index (χ0v) is 15.0. The molecule has 2 rings (SSSR count). The van der Waals surface area contributed by atoms with E-state index in [2.05, 4.69) is 0 Å². The zero-order valence-electron chi connectivity index (χ0n) is 14.2. The van der Waals surface area contributed by atoms with Crippen LogP contribution < -0.4 is 9.64 Å². The quantitative estimate of drug-likeness (QED) is 0.833. The van der Waals surface area contributed by atoms with Crippen LogP contribution in [0, 0.1) is 5.41 Å². The second-order valence-electron chi connectivity index (χ2n) is 6.73. The maximum Gasteiger partial charge on any atom is 0.249 e. The van der Waals surface area contributed by atoms with Gasteiger partial charge in [-0.25, -0.2) is 0 Å². The molecule has 0 aromatic heterocycles. The highest BCUT2D eigenvalue weighted by Gasteiger charge is 2.39. The third-order valence-electron chi connectivity index (χ3n) is 3.99. The summed E-state index contributed by atoms with van der Waals surface area (Å²) < 4.78 is 5.33. The molecule has 23 heavy (non-hydrogen) atoms. The molecule has 0 bridgehead atoms. The SMILES string of the molecule is COc1ccc(Cl)cc1N1CCN(C(=O)C(C)(C)C)C(C)C1=O. The molecular weight excluding hydrogens is 316 g/mol. The Kier molecular flexibility index (Phi) is 4.90. The van der Waals surface area contributed by atoms with Gasteiger partial charge in [-0.15, -0.1) is 0 Å². The molecule has 1 aliphatic heterocycles. The van der Waals surface area contributed by atoms with Crippen LogP contribution in [0.15, 0.2) is 18.2 Å². The van der Waals surface area contributed by atoms with Gasteiger partial charge in [-0.2, -0.15) is 0 Å². The number of piperazine rings is 1. The Hall–Kier alpha value is -1.75. The maximum absolute atomic E-state index is 12.8. The van der Waals surface area contributed by atoms with Gasteiger partial charge in [0.1, 0.15) is 11.8 Å². The fraction of sp³-hybridized carbons (Fsp3) is 0.529. The summed E-state index contributed by atoms with van der Waals surface area (Å²) in [5.41, 5.74) is 0.129. The second kappa shape index (κ2) is 6.40. The summed E-state index contributed by atoms with van der Waals surface area (Å²) in [5, 5.41) is 0.537. The Bertz CT molecular complexity index is 625. The van der Waals surface area contributed by atoms with E-state index in [0.717, 1.165) is 0 Å². The number of hydrogen-bond acceptors (Lipinski definition) is 3. The highest BCUT2D eigenvalue weighted by Crippen LogP contribution is 2.33. The van der Waals surface area contributed by atoms with Gasteiger partial charge in [-0.05, 0) is 25.1 Å². The van der Waals surface area contributed by atoms with Crippen molar-refractivity contribution in [3.63, 3.8) is 0 Å². The molecule has 0 saturated carbocycles. The van der Waals surface area contributed by atoms with Crippen LogP contribution in [0.4, 0.5) is 5.69 Å². The summed E-state index contributed by atoms with van der Waals surface area (Å²) in [7, 11) is 1.56. The molecule has 5 nitrogen and oxygen atoms in total. The van der Waals surface area contributed by atoms with Crippen molar-refractivity contribution in [2.45, 2.75) is 33.7 Å². The molecule has 1 aromatic rings. The predicted molar refractivity (Wildman–Crippen MR) is 91.0 cm³/mol. The number of carbonyl (C=O) groups excluding carboxylic acids is 2. The molecule has 0 N–H and O–H groups in total. The minimum atomic E-state index is -0.515. The van der Waals surface area contributed by atoms with Gasteiger partial charge in [0.25, 0.3) is 0 Å². The number of anilines is 1. The molecule has 1 fully saturated rings. The van der Waals surface area contributed by atoms with Crippen LogP contribution in [0.3, 0.4) is 0 Å². The van der Waals surface area contributed by atoms with E-state index in [9.17, 15) is 9.59 Å². The average molecular weight is 339 g/mol. The lowest BCUT2D eigenvalue weighted by molar-refractivity contribution is -0.147. The molecule has 1 aromatic carbocycles. The average Bonchev–Trinajstić information content (AvgIpc) is 2.48. The summed E-state index contributed by atoms with van der Waals surface area (Å²) in [6, 6.07) is 4.66. The van der Waals surface area contributed by atoms with Crippen molar-refractivity contribution in [2.75, 3.05) is 25.1 Å². The number of nitrogens with zero attached hydrogens (tertiary/aromatic N) is 2. The number of carbonyl (C=O) groups is 2. The first kappa shape index (κ1) is 17.6. The van der Waals surface area contributed by atoms with Crippen molar-refractivity contribution in [3.05, 3.63) is 23.2 Å². The normalized spacial score (nSPS) is 19.0. The van der Waals surface area contributed by atoms with Crippen molar-refractivity contribution >= 4 is 29.1 Å². The van der Waals surface area contributed by atoms with Gasteiger partial charge in [0.15, 0.2) is 0 Å². The third-order valence-corrected chi connectivity index (χ3v) is 4.22. The number of rotatable bonds is 2. The lowest BCUT2D eigenvalue weighted by Gasteiger charge is -2.41. The molecule has 0 aliphatic carbocycles. The smallest absolute Gasteiger partial charge is 0.249 e. The summed E-state index contributed by atoms with van der Waals surface area (Å²) in [5.74, 6) is 0.441. The Balaban J connectivity index is 2.29. The van der Waals surface area contributed by atoms with Gasteiger partial charge in [0.05, 0.1) is 12.8 Å². The second-order valence-corrected chi connectivity index (χ2v) is 7.17. The molecule has 126 valence electrons. The molecule has 2 amide bonds. The van der Waals surface area contributed by atoms with Crippen LogP contribution in [0.25, 0.3) is 0 Å². The Labute approximate surface area is 142 Å². The van der Waals surface area contributed by atoms with Crippen molar-refractivity contribution in [2.24, 2.45) is 5.41 Å². The predicted octanol–water partition coefficient (Wildman–Crippen LogP) is 2.96. The molecule has 1 atom stereocenters. The molecule has 1 aliphatic rings. The third kappa shape index (κ3) is 3.44. The van der Waals surface area contributed by atoms with Crippen LogP contribution in [-0.2, 0) is 9.59 Å². The summed E-state index contributed by atoms with van der Waals surface area (Å²) in [4.78, 5) is 28.6. The molecule has 1 unspecified atom stereocenters. The van der Waals surface area contributed by atoms with E-state index in [4.69, 9.17) is 16.3 Å². The Morgan fingerprint density at radius 1 is 1.30 bits per heavy atom. The first-order valence-electron chi connectivity index (χ1n) is 7.63. The van der Waals surface area contributed by atoms with E-state index in [-0.39, 0.29) is 11.8 Å². The van der Waals surface area contributed by atoms with Crippen LogP contribution in [0.2, 0.25) is 5.02 Å². The lowest BCUT2D eigenvalue weighted by atomic mass is 9.93. The van der Waals surface area contributed by atoms with Crippen molar-refractivity contribution in [1.82, 2.24) is 4.90 Å². The molecule has 0 radical (unpaired) electrons. The zero-order chi connectivity index (χ0) is 17.4. The maximum atomic E-state index is 12.8. The van der Waals surface area contributed by atoms with E-state index >= 15 is 0 Å². The monoisotopic (exact) mass is 338 g/mol. The highest BCUT2D eigenvalue weighted by atomic mass is 35.5. The largest absolute Gasteiger partial charge is 0.495 e. The van der Waals surface area contributed by atoms with E-state index in [1.807, 2.05) is 20.8 Å². The fourth-order valence-electron chi connectivity index (χ4n) is 2.69. The number of amides is 2. The van der Waals surface area contributed by atoms with Gasteiger partial charge in [-0.3, -0.25) is 9.59 Å². The van der Waals surface area contributed by atoms with Gasteiger partial charge in [-0.1, -0.05) is 32.4 Å². The van der Waals surface area contributed by atoms with Crippen LogP contribution in [-0.4, -0.2) is 43.0 Å². The van der Waals surface area contributed by atoms with Gasteiger partial charge >= 0.3 is 0 Å². The van der Waals surface area contributed by atoms with E-state index < -0.39 is 11.5 Å². The molecule has 6 heteroatoms.